The van der Waals surface area contributed by atoms with Gasteiger partial charge in [-0.2, -0.15) is 0 Å². The van der Waals surface area contributed by atoms with Crippen molar-refractivity contribution in [2.75, 3.05) is 23.7 Å². The molecule has 12 aromatic rings. The number of rotatable bonds is 5. The lowest BCUT2D eigenvalue weighted by molar-refractivity contribution is 0.669. The Hall–Kier alpha value is -7.79. The van der Waals surface area contributed by atoms with Crippen LogP contribution in [0.5, 0.6) is 0 Å². The zero-order valence-electron chi connectivity index (χ0n) is 36.9. The van der Waals surface area contributed by atoms with Gasteiger partial charge in [-0.3, -0.25) is 0 Å². The number of hydrogen-bond donors (Lipinski definition) is 0. The smallest absolute Gasteiger partial charge is 0.145 e. The van der Waals surface area contributed by atoms with E-state index in [1.54, 1.807) is 0 Å². The van der Waals surface area contributed by atoms with Gasteiger partial charge in [0.05, 0.1) is 33.2 Å². The summed E-state index contributed by atoms with van der Waals surface area (Å²) in [5, 5.41) is 7.06. The van der Waals surface area contributed by atoms with Gasteiger partial charge >= 0.3 is 0 Å². The Labute approximate surface area is 385 Å². The summed E-state index contributed by atoms with van der Waals surface area (Å²) in [6.07, 6.45) is 7.12. The first-order valence-electron chi connectivity index (χ1n) is 22.8. The van der Waals surface area contributed by atoms with Gasteiger partial charge in [0.15, 0.2) is 0 Å². The van der Waals surface area contributed by atoms with Crippen molar-refractivity contribution in [3.63, 3.8) is 0 Å². The van der Waals surface area contributed by atoms with E-state index in [0.29, 0.717) is 0 Å². The van der Waals surface area contributed by atoms with Crippen molar-refractivity contribution in [1.29, 1.82) is 0 Å². The summed E-state index contributed by atoms with van der Waals surface area (Å²) < 4.78 is 9.74. The molecule has 66 heavy (non-hydrogen) atoms. The number of furan rings is 1. The monoisotopic (exact) mass is 864 g/mol. The number of nitrogens with zero attached hydrogens (tertiary/aromatic N) is 2. The van der Waals surface area contributed by atoms with Crippen molar-refractivity contribution in [2.45, 2.75) is 10.3 Å². The molecule has 2 aromatic heterocycles. The number of fused-ring (bicyclic) bond motifs is 18. The van der Waals surface area contributed by atoms with Gasteiger partial charge in [0.2, 0.25) is 0 Å². The van der Waals surface area contributed by atoms with Gasteiger partial charge in [0, 0.05) is 33.1 Å². The van der Waals surface area contributed by atoms with Gasteiger partial charge in [-0.1, -0.05) is 146 Å². The van der Waals surface area contributed by atoms with Crippen molar-refractivity contribution in [3.8, 4) is 27.9 Å². The highest BCUT2D eigenvalue weighted by Crippen LogP contribution is 2.65. The van der Waals surface area contributed by atoms with Crippen LogP contribution in [0.3, 0.4) is 0 Å². The third-order valence-electron chi connectivity index (χ3n) is 14.5. The Bertz CT molecular complexity index is 3950. The first-order valence-corrected chi connectivity index (χ1v) is 25.6. The summed E-state index contributed by atoms with van der Waals surface area (Å²) in [5.41, 5.74) is 18.1. The SMILES string of the molecule is CS(C)(C)c1ccc(N(c2cc3c(c4oc5ccccc5c24)-c2ccccc2C32c3ccccc3-c3ccccc32)c2cccc3c2c2ccccc2n3-c2ccc3ccccc3c2)cc1. The maximum absolute atomic E-state index is 7.28. The fourth-order valence-corrected chi connectivity index (χ4v) is 12.8. The lowest BCUT2D eigenvalue weighted by Gasteiger charge is -2.33. The first kappa shape index (κ1) is 37.6. The molecule has 0 saturated heterocycles. The topological polar surface area (TPSA) is 21.3 Å². The molecule has 2 aliphatic carbocycles. The molecule has 10 aromatic carbocycles. The highest BCUT2D eigenvalue weighted by Gasteiger charge is 2.53. The lowest BCUT2D eigenvalue weighted by atomic mass is 9.70. The maximum Gasteiger partial charge on any atom is 0.145 e. The van der Waals surface area contributed by atoms with E-state index in [4.69, 9.17) is 4.42 Å². The molecular formula is C62H44N2OS. The summed E-state index contributed by atoms with van der Waals surface area (Å²) in [4.78, 5) is 3.92. The van der Waals surface area contributed by atoms with E-state index in [1.165, 1.54) is 76.5 Å². The van der Waals surface area contributed by atoms with E-state index in [1.807, 2.05) is 0 Å². The van der Waals surface area contributed by atoms with Crippen LogP contribution in [-0.2, 0) is 5.41 Å². The normalized spacial score (nSPS) is 13.7. The highest BCUT2D eigenvalue weighted by atomic mass is 32.3. The minimum absolute atomic E-state index is 0.565. The minimum atomic E-state index is -0.983. The summed E-state index contributed by atoms with van der Waals surface area (Å²) in [6.45, 7) is 0. The molecular weight excluding hydrogens is 821 g/mol. The van der Waals surface area contributed by atoms with E-state index in [0.717, 1.165) is 50.2 Å². The lowest BCUT2D eigenvalue weighted by Crippen LogP contribution is -2.26. The number of anilines is 3. The van der Waals surface area contributed by atoms with Gasteiger partial charge in [-0.05, 0) is 140 Å². The van der Waals surface area contributed by atoms with Crippen molar-refractivity contribution in [3.05, 3.63) is 235 Å². The predicted molar refractivity (Wildman–Crippen MR) is 280 cm³/mol. The fourth-order valence-electron chi connectivity index (χ4n) is 11.8. The summed E-state index contributed by atoms with van der Waals surface area (Å²) in [7, 11) is -0.983. The standard InChI is InChI=1S/C62H44N2OS/c1-66(2,3)43-35-33-41(34-36-43)63(54-28-16-29-55-59(54)47-22-9-14-27-53(47)64(55)42-32-31-39-17-4-5-18-40(39)37-42)56-38-52-58(61-60(56)48-23-10-15-30-57(48)65-61)46-21-8-13-26-51(46)62(52)49-24-11-6-19-44(49)45-20-7-12-25-50(45)62/h4-38H,1-3H3. The average Bonchev–Trinajstić information content (AvgIpc) is 4.08. The Morgan fingerprint density at radius 3 is 1.80 bits per heavy atom. The zero-order chi connectivity index (χ0) is 43.9. The van der Waals surface area contributed by atoms with Crippen LogP contribution < -0.4 is 4.90 Å². The second kappa shape index (κ2) is 13.6. The van der Waals surface area contributed by atoms with Crippen LogP contribution in [-0.4, -0.2) is 23.3 Å². The molecule has 3 nitrogen and oxygen atoms in total. The van der Waals surface area contributed by atoms with Crippen molar-refractivity contribution < 1.29 is 4.42 Å². The molecule has 2 heterocycles. The van der Waals surface area contributed by atoms with Gasteiger partial charge < -0.3 is 13.9 Å². The molecule has 0 N–H and O–H groups in total. The molecule has 0 amide bonds. The molecule has 0 atom stereocenters. The molecule has 1 spiro atoms. The quantitative estimate of drug-likeness (QED) is 0.172. The number of para-hydroxylation sites is 2. The first-order chi connectivity index (χ1) is 32.4. The summed E-state index contributed by atoms with van der Waals surface area (Å²) >= 11 is 0. The van der Waals surface area contributed by atoms with E-state index >= 15 is 0 Å². The van der Waals surface area contributed by atoms with Crippen LogP contribution in [0.1, 0.15) is 22.3 Å². The third kappa shape index (κ3) is 4.99. The molecule has 2 aliphatic rings. The summed E-state index contributed by atoms with van der Waals surface area (Å²) in [6, 6.07) is 79.0. The van der Waals surface area contributed by atoms with E-state index < -0.39 is 15.4 Å². The number of benzene rings is 10. The number of aromatic nitrogens is 1. The van der Waals surface area contributed by atoms with Gasteiger partial charge in [0.25, 0.3) is 0 Å². The molecule has 0 unspecified atom stereocenters. The Kier molecular flexibility index (Phi) is 7.75. The van der Waals surface area contributed by atoms with E-state index in [9.17, 15) is 0 Å². The maximum atomic E-state index is 7.28. The van der Waals surface area contributed by atoms with Crippen LogP contribution >= 0.6 is 10.0 Å². The van der Waals surface area contributed by atoms with Gasteiger partial charge in [-0.25, -0.2) is 10.0 Å². The van der Waals surface area contributed by atoms with Gasteiger partial charge in [0.1, 0.15) is 11.2 Å². The fraction of sp³-hybridized carbons (Fsp3) is 0.0645. The molecule has 14 rings (SSSR count). The van der Waals surface area contributed by atoms with Crippen molar-refractivity contribution in [2.24, 2.45) is 0 Å². The Morgan fingerprint density at radius 2 is 1.06 bits per heavy atom. The van der Waals surface area contributed by atoms with E-state index in [2.05, 4.69) is 241 Å². The largest absolute Gasteiger partial charge is 0.455 e. The van der Waals surface area contributed by atoms with Crippen LogP contribution in [0.4, 0.5) is 17.1 Å². The zero-order valence-corrected chi connectivity index (χ0v) is 37.7. The third-order valence-corrected chi connectivity index (χ3v) is 16.2. The predicted octanol–water partition coefficient (Wildman–Crippen LogP) is 16.7. The number of hydrogen-bond acceptors (Lipinski definition) is 2. The van der Waals surface area contributed by atoms with Crippen LogP contribution in [0.15, 0.2) is 222 Å². The van der Waals surface area contributed by atoms with Crippen LogP contribution in [0.2, 0.25) is 0 Å². The molecule has 0 bridgehead atoms. The summed E-state index contributed by atoms with van der Waals surface area (Å²) in [5.74, 6) is 0. The highest BCUT2D eigenvalue weighted by molar-refractivity contribution is 8.32. The molecule has 0 saturated carbocycles. The van der Waals surface area contributed by atoms with Gasteiger partial charge in [-0.15, -0.1) is 0 Å². The molecule has 314 valence electrons. The second-order valence-corrected chi connectivity index (χ2v) is 22.9. The average molecular weight is 865 g/mol. The Morgan fingerprint density at radius 1 is 0.455 bits per heavy atom. The molecule has 0 aliphatic heterocycles. The molecule has 0 radical (unpaired) electrons. The minimum Gasteiger partial charge on any atom is -0.455 e. The molecule has 0 fully saturated rings. The van der Waals surface area contributed by atoms with Crippen molar-refractivity contribution in [1.82, 2.24) is 4.57 Å². The molecule has 4 heteroatoms. The van der Waals surface area contributed by atoms with Crippen molar-refractivity contribution >= 4 is 81.6 Å². The van der Waals surface area contributed by atoms with E-state index in [-0.39, 0.29) is 0 Å². The second-order valence-electron chi connectivity index (χ2n) is 18.7. The van der Waals surface area contributed by atoms with Crippen LogP contribution in [0.25, 0.3) is 82.5 Å². The van der Waals surface area contributed by atoms with Crippen LogP contribution in [0, 0.1) is 0 Å². The Balaban J connectivity index is 1.14.